The molecular weight excluding hydrogens is 395 g/mol. The van der Waals surface area contributed by atoms with Crippen molar-refractivity contribution in [3.63, 3.8) is 0 Å². The monoisotopic (exact) mass is 414 g/mol. The molecule has 1 fully saturated rings. The van der Waals surface area contributed by atoms with Gasteiger partial charge in [-0.05, 0) is 41.8 Å². The zero-order valence-electron chi connectivity index (χ0n) is 15.5. The molecule has 0 atom stereocenters. The predicted octanol–water partition coefficient (Wildman–Crippen LogP) is 2.80. The number of nitrogens with zero attached hydrogens (tertiary/aromatic N) is 4. The van der Waals surface area contributed by atoms with Crippen LogP contribution in [0.15, 0.2) is 47.8 Å². The van der Waals surface area contributed by atoms with Crippen LogP contribution >= 0.6 is 11.3 Å². The molecule has 4 rings (SSSR count). The SMILES string of the molecule is O=C(O)c1cc(-c2cccs2)nn1CC(=O)N1CCN(c2ccc(F)cc2)CC1. The largest absolute Gasteiger partial charge is 0.477 e. The van der Waals surface area contributed by atoms with Gasteiger partial charge in [0.2, 0.25) is 5.91 Å². The molecular formula is C20H19FN4O3S. The molecule has 0 spiro atoms. The first kappa shape index (κ1) is 19.1. The zero-order chi connectivity index (χ0) is 20.4. The highest BCUT2D eigenvalue weighted by atomic mass is 32.1. The van der Waals surface area contributed by atoms with E-state index in [0.29, 0.717) is 31.9 Å². The number of amides is 1. The maximum absolute atomic E-state index is 13.1. The van der Waals surface area contributed by atoms with Gasteiger partial charge in [0.15, 0.2) is 0 Å². The lowest BCUT2D eigenvalue weighted by Crippen LogP contribution is -2.49. The molecule has 0 radical (unpaired) electrons. The number of aromatic nitrogens is 2. The van der Waals surface area contributed by atoms with Crippen molar-refractivity contribution >= 4 is 28.9 Å². The quantitative estimate of drug-likeness (QED) is 0.695. The van der Waals surface area contributed by atoms with Crippen LogP contribution in [0.2, 0.25) is 0 Å². The lowest BCUT2D eigenvalue weighted by atomic mass is 10.2. The minimum absolute atomic E-state index is 0.00769. The van der Waals surface area contributed by atoms with Crippen LogP contribution in [-0.2, 0) is 11.3 Å². The third kappa shape index (κ3) is 4.14. The molecule has 1 aliphatic rings. The lowest BCUT2D eigenvalue weighted by Gasteiger charge is -2.36. The number of thiophene rings is 1. The van der Waals surface area contributed by atoms with Crippen molar-refractivity contribution in [1.82, 2.24) is 14.7 Å². The third-order valence-electron chi connectivity index (χ3n) is 4.88. The van der Waals surface area contributed by atoms with Gasteiger partial charge in [-0.2, -0.15) is 5.10 Å². The molecule has 29 heavy (non-hydrogen) atoms. The molecule has 3 heterocycles. The lowest BCUT2D eigenvalue weighted by molar-refractivity contribution is -0.132. The van der Waals surface area contributed by atoms with Gasteiger partial charge in [0.25, 0.3) is 0 Å². The van der Waals surface area contributed by atoms with Gasteiger partial charge in [0.05, 0.1) is 4.88 Å². The summed E-state index contributed by atoms with van der Waals surface area (Å²) in [7, 11) is 0. The standard InChI is InChI=1S/C20H19FN4O3S/c21-14-3-5-15(6-4-14)23-7-9-24(10-8-23)19(26)13-25-17(20(27)28)12-16(22-25)18-2-1-11-29-18/h1-6,11-12H,7-10,13H2,(H,27,28). The number of aromatic carboxylic acids is 1. The highest BCUT2D eigenvalue weighted by molar-refractivity contribution is 7.13. The number of hydrogen-bond acceptors (Lipinski definition) is 5. The first-order valence-corrected chi connectivity index (χ1v) is 10.0. The van der Waals surface area contributed by atoms with Crippen LogP contribution in [0.3, 0.4) is 0 Å². The van der Waals surface area contributed by atoms with Crippen molar-refractivity contribution in [2.24, 2.45) is 0 Å². The normalized spacial score (nSPS) is 14.2. The first-order chi connectivity index (χ1) is 14.0. The Morgan fingerprint density at radius 2 is 1.83 bits per heavy atom. The highest BCUT2D eigenvalue weighted by Crippen LogP contribution is 2.24. The Balaban J connectivity index is 1.42. The Bertz CT molecular complexity index is 1010. The Labute approximate surface area is 170 Å². The van der Waals surface area contributed by atoms with E-state index in [9.17, 15) is 19.1 Å². The Morgan fingerprint density at radius 1 is 1.10 bits per heavy atom. The van der Waals surface area contributed by atoms with E-state index in [1.165, 1.54) is 34.2 Å². The smallest absolute Gasteiger partial charge is 0.354 e. The van der Waals surface area contributed by atoms with E-state index in [1.54, 1.807) is 17.0 Å². The Hall–Kier alpha value is -3.20. The highest BCUT2D eigenvalue weighted by Gasteiger charge is 2.24. The molecule has 1 amide bonds. The van der Waals surface area contributed by atoms with Crippen molar-refractivity contribution in [3.05, 3.63) is 59.4 Å². The van der Waals surface area contributed by atoms with Crippen LogP contribution in [0.1, 0.15) is 10.5 Å². The van der Waals surface area contributed by atoms with Crippen LogP contribution in [0.4, 0.5) is 10.1 Å². The number of piperazine rings is 1. The number of carbonyl (C=O) groups excluding carboxylic acids is 1. The second-order valence-corrected chi connectivity index (χ2v) is 7.65. The molecule has 1 aliphatic heterocycles. The molecule has 0 aliphatic carbocycles. The number of carbonyl (C=O) groups is 2. The summed E-state index contributed by atoms with van der Waals surface area (Å²) >= 11 is 1.46. The average molecular weight is 414 g/mol. The van der Waals surface area contributed by atoms with E-state index < -0.39 is 5.97 Å². The second-order valence-electron chi connectivity index (χ2n) is 6.70. The van der Waals surface area contributed by atoms with E-state index in [-0.39, 0.29) is 24.0 Å². The topological polar surface area (TPSA) is 78.7 Å². The molecule has 1 N–H and O–H groups in total. The number of rotatable bonds is 5. The number of carboxylic acid groups (broad SMARTS) is 1. The minimum Gasteiger partial charge on any atom is -0.477 e. The van der Waals surface area contributed by atoms with Gasteiger partial charge in [0.1, 0.15) is 23.7 Å². The number of benzene rings is 1. The van der Waals surface area contributed by atoms with E-state index in [1.807, 2.05) is 17.5 Å². The van der Waals surface area contributed by atoms with Gasteiger partial charge in [-0.25, -0.2) is 13.9 Å². The van der Waals surface area contributed by atoms with Crippen molar-refractivity contribution in [3.8, 4) is 10.6 Å². The first-order valence-electron chi connectivity index (χ1n) is 9.14. The fourth-order valence-corrected chi connectivity index (χ4v) is 4.03. The van der Waals surface area contributed by atoms with Crippen LogP contribution in [0, 0.1) is 5.82 Å². The molecule has 3 aromatic rings. The van der Waals surface area contributed by atoms with E-state index in [2.05, 4.69) is 10.00 Å². The maximum Gasteiger partial charge on any atom is 0.354 e. The summed E-state index contributed by atoms with van der Waals surface area (Å²) in [6, 6.07) is 11.5. The van der Waals surface area contributed by atoms with Crippen LogP contribution < -0.4 is 4.90 Å². The summed E-state index contributed by atoms with van der Waals surface area (Å²) in [5.74, 6) is -1.57. The Morgan fingerprint density at radius 3 is 2.45 bits per heavy atom. The van der Waals surface area contributed by atoms with E-state index in [0.717, 1.165) is 10.6 Å². The number of halogens is 1. The predicted molar refractivity (Wildman–Crippen MR) is 108 cm³/mol. The van der Waals surface area contributed by atoms with Crippen LogP contribution in [-0.4, -0.2) is 57.8 Å². The van der Waals surface area contributed by atoms with E-state index >= 15 is 0 Å². The third-order valence-corrected chi connectivity index (χ3v) is 5.77. The molecule has 0 unspecified atom stereocenters. The summed E-state index contributed by atoms with van der Waals surface area (Å²) in [6.07, 6.45) is 0. The molecule has 2 aromatic heterocycles. The summed E-state index contributed by atoms with van der Waals surface area (Å²) in [5.41, 5.74) is 1.46. The van der Waals surface area contributed by atoms with Gasteiger partial charge in [-0.3, -0.25) is 4.79 Å². The molecule has 0 saturated carbocycles. The summed E-state index contributed by atoms with van der Waals surface area (Å²) in [4.78, 5) is 29.0. The second kappa shape index (κ2) is 8.04. The molecule has 1 aromatic carbocycles. The summed E-state index contributed by atoms with van der Waals surface area (Å²) in [5, 5.41) is 15.7. The molecule has 1 saturated heterocycles. The zero-order valence-corrected chi connectivity index (χ0v) is 16.3. The van der Waals surface area contributed by atoms with Crippen molar-refractivity contribution < 1.29 is 19.1 Å². The van der Waals surface area contributed by atoms with Crippen molar-refractivity contribution in [1.29, 1.82) is 0 Å². The number of carboxylic acids is 1. The fraction of sp³-hybridized carbons (Fsp3) is 0.250. The number of hydrogen-bond donors (Lipinski definition) is 1. The van der Waals surface area contributed by atoms with Gasteiger partial charge in [-0.1, -0.05) is 6.07 Å². The molecule has 150 valence electrons. The minimum atomic E-state index is -1.12. The van der Waals surface area contributed by atoms with Gasteiger partial charge in [-0.15, -0.1) is 11.3 Å². The van der Waals surface area contributed by atoms with Gasteiger partial charge in [0, 0.05) is 31.9 Å². The average Bonchev–Trinajstić information content (AvgIpc) is 3.38. The molecule has 9 heteroatoms. The molecule has 7 nitrogen and oxygen atoms in total. The van der Waals surface area contributed by atoms with Gasteiger partial charge < -0.3 is 14.9 Å². The Kier molecular flexibility index (Phi) is 5.30. The summed E-state index contributed by atoms with van der Waals surface area (Å²) < 4.78 is 14.3. The van der Waals surface area contributed by atoms with E-state index in [4.69, 9.17) is 0 Å². The van der Waals surface area contributed by atoms with Gasteiger partial charge >= 0.3 is 5.97 Å². The van der Waals surface area contributed by atoms with Crippen molar-refractivity contribution in [2.75, 3.05) is 31.1 Å². The molecule has 0 bridgehead atoms. The van der Waals surface area contributed by atoms with Crippen LogP contribution in [0.25, 0.3) is 10.6 Å². The fourth-order valence-electron chi connectivity index (χ4n) is 3.35. The summed E-state index contributed by atoms with van der Waals surface area (Å²) in [6.45, 7) is 2.16. The van der Waals surface area contributed by atoms with Crippen LogP contribution in [0.5, 0.6) is 0 Å². The number of anilines is 1. The van der Waals surface area contributed by atoms with Crippen molar-refractivity contribution in [2.45, 2.75) is 6.54 Å². The maximum atomic E-state index is 13.1.